The van der Waals surface area contributed by atoms with Crippen molar-refractivity contribution in [2.75, 3.05) is 19.3 Å². The molecule has 0 unspecified atom stereocenters. The number of rotatable bonds is 4. The number of nitrogens with zero attached hydrogens (tertiary/aromatic N) is 3. The van der Waals surface area contributed by atoms with Crippen molar-refractivity contribution in [2.45, 2.75) is 24.7 Å². The lowest BCUT2D eigenvalue weighted by Gasteiger charge is -2.31. The van der Waals surface area contributed by atoms with E-state index < -0.39 is 0 Å². The Kier molecular flexibility index (Phi) is 4.99. The van der Waals surface area contributed by atoms with E-state index in [0.717, 1.165) is 17.7 Å². The molecule has 1 saturated heterocycles. The molecule has 1 aromatic heterocycles. The minimum atomic E-state index is -0.219. The number of hydrogen-bond donors (Lipinski definition) is 0. The van der Waals surface area contributed by atoms with Crippen molar-refractivity contribution in [1.29, 1.82) is 0 Å². The third-order valence-electron chi connectivity index (χ3n) is 4.31. The molecule has 0 bridgehead atoms. The molecule has 0 saturated carbocycles. The second-order valence-electron chi connectivity index (χ2n) is 5.88. The van der Waals surface area contributed by atoms with Crippen molar-refractivity contribution in [3.05, 3.63) is 41.2 Å². The topological polar surface area (TPSA) is 76.3 Å². The Morgan fingerprint density at radius 2 is 2.00 bits per heavy atom. The molecule has 0 N–H and O–H groups in total. The van der Waals surface area contributed by atoms with Crippen LogP contribution in [0.5, 0.6) is 0 Å². The zero-order valence-electron chi connectivity index (χ0n) is 13.7. The number of amides is 1. The lowest BCUT2D eigenvalue weighted by molar-refractivity contribution is 0.0627. The molecule has 2 aromatic rings. The molecule has 6 nitrogen and oxygen atoms in total. The highest BCUT2D eigenvalue weighted by Gasteiger charge is 2.31. The van der Waals surface area contributed by atoms with E-state index in [9.17, 15) is 9.59 Å². The number of piperidine rings is 1. The van der Waals surface area contributed by atoms with Crippen LogP contribution in [-0.2, 0) is 0 Å². The van der Waals surface area contributed by atoms with Crippen molar-refractivity contribution in [1.82, 2.24) is 15.2 Å². The van der Waals surface area contributed by atoms with Gasteiger partial charge in [0, 0.05) is 29.5 Å². The second kappa shape index (κ2) is 7.17. The number of likely N-dealkylation sites (tertiary alicyclic amines) is 1. The smallest absolute Gasteiger partial charge is 0.278 e. The molecule has 1 aromatic carbocycles. The van der Waals surface area contributed by atoms with E-state index >= 15 is 0 Å². The minimum absolute atomic E-state index is 0.0927. The summed E-state index contributed by atoms with van der Waals surface area (Å²) in [4.78, 5) is 28.1. The summed E-state index contributed by atoms with van der Waals surface area (Å²) in [5, 5.41) is 7.32. The van der Waals surface area contributed by atoms with Gasteiger partial charge in [0.05, 0.1) is 0 Å². The average molecular weight is 345 g/mol. The molecular formula is C17H19N3O3S. The van der Waals surface area contributed by atoms with Gasteiger partial charge < -0.3 is 4.90 Å². The van der Waals surface area contributed by atoms with Crippen LogP contribution in [0.4, 0.5) is 0 Å². The summed E-state index contributed by atoms with van der Waals surface area (Å²) < 4.78 is 4.61. The first-order chi connectivity index (χ1) is 11.6. The van der Waals surface area contributed by atoms with Gasteiger partial charge in [0.2, 0.25) is 0 Å². The first-order valence-corrected chi connectivity index (χ1v) is 9.09. The molecule has 0 aliphatic carbocycles. The van der Waals surface area contributed by atoms with Crippen molar-refractivity contribution in [2.24, 2.45) is 5.92 Å². The molecule has 126 valence electrons. The fraction of sp³-hybridized carbons (Fsp3) is 0.412. The van der Waals surface area contributed by atoms with E-state index in [2.05, 4.69) is 14.9 Å². The monoisotopic (exact) mass is 345 g/mol. The predicted octanol–water partition coefficient (Wildman–Crippen LogP) is 2.84. The van der Waals surface area contributed by atoms with Gasteiger partial charge >= 0.3 is 0 Å². The molecule has 1 aliphatic rings. The SMILES string of the molecule is CSc1ccc(C(=O)[C@H]2CCCN(C(=O)c3nonc3C)C2)cc1. The van der Waals surface area contributed by atoms with Crippen molar-refractivity contribution < 1.29 is 14.2 Å². The lowest BCUT2D eigenvalue weighted by Crippen LogP contribution is -2.42. The molecule has 1 amide bonds. The maximum atomic E-state index is 12.7. The van der Waals surface area contributed by atoms with Crippen molar-refractivity contribution >= 4 is 23.5 Å². The fourth-order valence-corrected chi connectivity index (χ4v) is 3.35. The van der Waals surface area contributed by atoms with Crippen LogP contribution in [0.3, 0.4) is 0 Å². The van der Waals surface area contributed by atoms with Gasteiger partial charge in [-0.3, -0.25) is 9.59 Å². The molecule has 7 heteroatoms. The molecule has 0 radical (unpaired) electrons. The highest BCUT2D eigenvalue weighted by Crippen LogP contribution is 2.24. The zero-order chi connectivity index (χ0) is 17.1. The number of thioether (sulfide) groups is 1. The normalized spacial score (nSPS) is 17.8. The van der Waals surface area contributed by atoms with E-state index in [1.807, 2.05) is 30.5 Å². The molecule has 0 spiro atoms. The van der Waals surface area contributed by atoms with Gasteiger partial charge in [-0.05, 0) is 43.3 Å². The van der Waals surface area contributed by atoms with Crippen molar-refractivity contribution in [3.63, 3.8) is 0 Å². The van der Waals surface area contributed by atoms with E-state index in [1.165, 1.54) is 0 Å². The standard InChI is InChI=1S/C17H19N3O3S/c1-11-15(19-23-18-11)17(22)20-9-3-4-13(10-20)16(21)12-5-7-14(24-2)8-6-12/h5-8,13H,3-4,9-10H2,1-2H3/t13-/m0/s1. The maximum Gasteiger partial charge on any atom is 0.278 e. The van der Waals surface area contributed by atoms with Gasteiger partial charge in [-0.1, -0.05) is 17.3 Å². The van der Waals surface area contributed by atoms with E-state index in [-0.39, 0.29) is 23.3 Å². The summed E-state index contributed by atoms with van der Waals surface area (Å²) in [6, 6.07) is 7.63. The van der Waals surface area contributed by atoms with Crippen LogP contribution >= 0.6 is 11.8 Å². The second-order valence-corrected chi connectivity index (χ2v) is 6.76. The van der Waals surface area contributed by atoms with Crippen LogP contribution < -0.4 is 0 Å². The van der Waals surface area contributed by atoms with Crippen molar-refractivity contribution in [3.8, 4) is 0 Å². The fourth-order valence-electron chi connectivity index (χ4n) is 2.94. The molecular weight excluding hydrogens is 326 g/mol. The molecule has 1 aliphatic heterocycles. The number of carbonyl (C=O) groups excluding carboxylic acids is 2. The molecule has 3 rings (SSSR count). The van der Waals surface area contributed by atoms with Crippen LogP contribution in [0.1, 0.15) is 39.4 Å². The quantitative estimate of drug-likeness (QED) is 0.626. The average Bonchev–Trinajstić information content (AvgIpc) is 3.06. The third-order valence-corrected chi connectivity index (χ3v) is 5.05. The number of hydrogen-bond acceptors (Lipinski definition) is 6. The maximum absolute atomic E-state index is 12.7. The van der Waals surface area contributed by atoms with Gasteiger partial charge in [-0.15, -0.1) is 11.8 Å². The number of benzene rings is 1. The Balaban J connectivity index is 1.71. The highest BCUT2D eigenvalue weighted by atomic mass is 32.2. The van der Waals surface area contributed by atoms with E-state index in [0.29, 0.717) is 24.3 Å². The Morgan fingerprint density at radius 3 is 2.62 bits per heavy atom. The first kappa shape index (κ1) is 16.7. The zero-order valence-corrected chi connectivity index (χ0v) is 14.5. The Hall–Kier alpha value is -2.15. The Bertz CT molecular complexity index is 742. The summed E-state index contributed by atoms with van der Waals surface area (Å²) in [6.45, 7) is 2.72. The number of Topliss-reactive ketones (excluding diaryl/α,β-unsaturated/α-hetero) is 1. The number of aryl methyl sites for hydroxylation is 1. The van der Waals surface area contributed by atoms with Gasteiger partial charge in [0.1, 0.15) is 5.69 Å². The summed E-state index contributed by atoms with van der Waals surface area (Å²) in [7, 11) is 0. The van der Waals surface area contributed by atoms with Crippen LogP contribution in [0, 0.1) is 12.8 Å². The Labute approximate surface area is 144 Å². The van der Waals surface area contributed by atoms with E-state index in [1.54, 1.807) is 23.6 Å². The lowest BCUT2D eigenvalue weighted by atomic mass is 9.90. The Morgan fingerprint density at radius 1 is 1.25 bits per heavy atom. The third kappa shape index (κ3) is 3.36. The molecule has 24 heavy (non-hydrogen) atoms. The largest absolute Gasteiger partial charge is 0.336 e. The first-order valence-electron chi connectivity index (χ1n) is 7.87. The van der Waals surface area contributed by atoms with Crippen LogP contribution in [0.2, 0.25) is 0 Å². The number of carbonyl (C=O) groups is 2. The van der Waals surface area contributed by atoms with Gasteiger partial charge in [-0.25, -0.2) is 4.63 Å². The highest BCUT2D eigenvalue weighted by molar-refractivity contribution is 7.98. The van der Waals surface area contributed by atoms with Gasteiger partial charge in [-0.2, -0.15) is 0 Å². The van der Waals surface area contributed by atoms with Gasteiger partial charge in [0.25, 0.3) is 5.91 Å². The molecule has 1 atom stereocenters. The predicted molar refractivity (Wildman–Crippen MR) is 90.2 cm³/mol. The number of ketones is 1. The molecule has 1 fully saturated rings. The van der Waals surface area contributed by atoms with Crippen LogP contribution in [0.25, 0.3) is 0 Å². The van der Waals surface area contributed by atoms with E-state index in [4.69, 9.17) is 0 Å². The molecule has 2 heterocycles. The minimum Gasteiger partial charge on any atom is -0.336 e. The summed E-state index contributed by atoms with van der Waals surface area (Å²) in [5.74, 6) is -0.304. The van der Waals surface area contributed by atoms with Gasteiger partial charge in [0.15, 0.2) is 11.5 Å². The summed E-state index contributed by atoms with van der Waals surface area (Å²) >= 11 is 1.64. The van der Waals surface area contributed by atoms with Crippen LogP contribution in [0.15, 0.2) is 33.8 Å². The number of aromatic nitrogens is 2. The summed E-state index contributed by atoms with van der Waals surface area (Å²) in [6.07, 6.45) is 3.60. The van der Waals surface area contributed by atoms with Crippen LogP contribution in [-0.4, -0.2) is 46.2 Å². The summed E-state index contributed by atoms with van der Waals surface area (Å²) in [5.41, 5.74) is 1.40.